The highest BCUT2D eigenvalue weighted by Crippen LogP contribution is 2.18. The first kappa shape index (κ1) is 10.9. The van der Waals surface area contributed by atoms with Crippen molar-refractivity contribution in [3.05, 3.63) is 59.7 Å². The molecule has 0 atom stereocenters. The molecule has 0 unspecified atom stereocenters. The average Bonchev–Trinajstić information content (AvgIpc) is 2.53. The maximum atomic E-state index is 4.47. The van der Waals surface area contributed by atoms with E-state index in [0.29, 0.717) is 0 Å². The van der Waals surface area contributed by atoms with Crippen molar-refractivity contribution >= 4 is 21.5 Å². The first-order valence-corrected chi connectivity index (χ1v) is 6.00. The molecule has 0 aliphatic carbocycles. The molecular weight excluding hydrogens is 220 g/mol. The van der Waals surface area contributed by atoms with E-state index in [-0.39, 0.29) is 0 Å². The Bertz CT molecular complexity index is 804. The van der Waals surface area contributed by atoms with E-state index in [1.165, 1.54) is 21.7 Å². The fourth-order valence-electron chi connectivity index (χ4n) is 2.46. The fourth-order valence-corrected chi connectivity index (χ4v) is 2.46. The number of rotatable bonds is 0. The quantitative estimate of drug-likeness (QED) is 0.586. The molecule has 2 nitrogen and oxygen atoms in total. The molecule has 3 rings (SSSR count). The molecule has 88 valence electrons. The number of aryl methyl sites for hydroxylation is 1. The van der Waals surface area contributed by atoms with E-state index in [1.807, 2.05) is 25.5 Å². The number of hydrogen-bond acceptors (Lipinski definition) is 2. The lowest BCUT2D eigenvalue weighted by atomic mass is 10.1. The number of nitrogens with zero attached hydrogens (tertiary/aromatic N) is 2. The zero-order chi connectivity index (χ0) is 12.5. The molecule has 0 radical (unpaired) electrons. The average molecular weight is 234 g/mol. The van der Waals surface area contributed by atoms with Crippen LogP contribution >= 0.6 is 0 Å². The van der Waals surface area contributed by atoms with Crippen LogP contribution in [0.3, 0.4) is 0 Å². The lowest BCUT2D eigenvalue weighted by Crippen LogP contribution is -2.01. The standard InChI is InChI=1S/C16H14N2/c1-11-9-12-7-8-18-10-15(12)16(17-2)14-6-4-3-5-13(11)14/h3-10H,1-2H3/b17-16+. The van der Waals surface area contributed by atoms with Crippen LogP contribution in [0.25, 0.3) is 21.5 Å². The van der Waals surface area contributed by atoms with Crippen LogP contribution in [0.5, 0.6) is 0 Å². The van der Waals surface area contributed by atoms with E-state index < -0.39 is 0 Å². The fraction of sp³-hybridized carbons (Fsp3) is 0.125. The van der Waals surface area contributed by atoms with Gasteiger partial charge in [-0.05, 0) is 29.3 Å². The van der Waals surface area contributed by atoms with Crippen LogP contribution in [0.15, 0.2) is 53.8 Å². The maximum absolute atomic E-state index is 4.47. The number of hydrogen-bond donors (Lipinski definition) is 0. The third-order valence-electron chi connectivity index (χ3n) is 3.31. The molecule has 0 saturated carbocycles. The Kier molecular flexibility index (Phi) is 2.56. The van der Waals surface area contributed by atoms with Crippen molar-refractivity contribution < 1.29 is 0 Å². The van der Waals surface area contributed by atoms with E-state index >= 15 is 0 Å². The van der Waals surface area contributed by atoms with Crippen molar-refractivity contribution in [3.63, 3.8) is 0 Å². The summed E-state index contributed by atoms with van der Waals surface area (Å²) in [6.07, 6.45) is 3.72. The molecular formula is C16H14N2. The van der Waals surface area contributed by atoms with Gasteiger partial charge in [0.15, 0.2) is 0 Å². The zero-order valence-corrected chi connectivity index (χ0v) is 10.5. The summed E-state index contributed by atoms with van der Waals surface area (Å²) in [5.74, 6) is 0. The molecule has 1 aromatic heterocycles. The summed E-state index contributed by atoms with van der Waals surface area (Å²) in [6.45, 7) is 2.14. The van der Waals surface area contributed by atoms with Gasteiger partial charge in [-0.15, -0.1) is 0 Å². The highest BCUT2D eigenvalue weighted by molar-refractivity contribution is 5.94. The van der Waals surface area contributed by atoms with Crippen LogP contribution in [0, 0.1) is 6.92 Å². The molecule has 0 amide bonds. The molecule has 0 spiro atoms. The van der Waals surface area contributed by atoms with Crippen LogP contribution in [0.1, 0.15) is 5.56 Å². The Labute approximate surface area is 106 Å². The van der Waals surface area contributed by atoms with Crippen molar-refractivity contribution in [3.8, 4) is 0 Å². The van der Waals surface area contributed by atoms with Gasteiger partial charge in [0.25, 0.3) is 0 Å². The van der Waals surface area contributed by atoms with E-state index in [9.17, 15) is 0 Å². The second-order valence-electron chi connectivity index (χ2n) is 4.41. The Morgan fingerprint density at radius 3 is 2.56 bits per heavy atom. The molecule has 0 saturated heterocycles. The summed E-state index contributed by atoms with van der Waals surface area (Å²) in [5.41, 5.74) is 1.26. The topological polar surface area (TPSA) is 25.2 Å². The summed E-state index contributed by atoms with van der Waals surface area (Å²) in [6, 6.07) is 12.6. The number of fused-ring (bicyclic) bond motifs is 2. The largest absolute Gasteiger partial charge is 0.287 e. The van der Waals surface area contributed by atoms with Gasteiger partial charge in [-0.3, -0.25) is 9.98 Å². The Balaban J connectivity index is 2.76. The summed E-state index contributed by atoms with van der Waals surface area (Å²) in [7, 11) is 1.84. The molecule has 18 heavy (non-hydrogen) atoms. The Hall–Kier alpha value is -2.22. The Morgan fingerprint density at radius 1 is 1.00 bits per heavy atom. The van der Waals surface area contributed by atoms with Crippen LogP contribution in [-0.2, 0) is 0 Å². The minimum Gasteiger partial charge on any atom is -0.287 e. The predicted molar refractivity (Wildman–Crippen MR) is 75.5 cm³/mol. The van der Waals surface area contributed by atoms with Gasteiger partial charge in [0, 0.05) is 30.2 Å². The van der Waals surface area contributed by atoms with Gasteiger partial charge in [-0.1, -0.05) is 30.3 Å². The molecule has 3 aromatic rings. The van der Waals surface area contributed by atoms with Crippen molar-refractivity contribution in [2.24, 2.45) is 4.99 Å². The van der Waals surface area contributed by atoms with Crippen molar-refractivity contribution in [2.45, 2.75) is 6.92 Å². The van der Waals surface area contributed by atoms with Gasteiger partial charge in [-0.25, -0.2) is 0 Å². The Morgan fingerprint density at radius 2 is 1.78 bits per heavy atom. The summed E-state index contributed by atoms with van der Waals surface area (Å²) >= 11 is 0. The predicted octanol–water partition coefficient (Wildman–Crippen LogP) is 3.23. The van der Waals surface area contributed by atoms with Gasteiger partial charge >= 0.3 is 0 Å². The molecule has 0 bridgehead atoms. The van der Waals surface area contributed by atoms with Crippen LogP contribution in [-0.4, -0.2) is 12.0 Å². The number of pyridine rings is 1. The molecule has 1 heterocycles. The number of benzene rings is 1. The van der Waals surface area contributed by atoms with Crippen LogP contribution < -0.4 is 5.36 Å². The monoisotopic (exact) mass is 234 g/mol. The van der Waals surface area contributed by atoms with Gasteiger partial charge in [-0.2, -0.15) is 0 Å². The third kappa shape index (κ3) is 1.58. The van der Waals surface area contributed by atoms with E-state index in [1.54, 1.807) is 0 Å². The van der Waals surface area contributed by atoms with Crippen molar-refractivity contribution in [1.82, 2.24) is 4.98 Å². The summed E-state index contributed by atoms with van der Waals surface area (Å²) in [5, 5.41) is 5.72. The lowest BCUT2D eigenvalue weighted by Gasteiger charge is -1.95. The zero-order valence-electron chi connectivity index (χ0n) is 10.5. The maximum Gasteiger partial charge on any atom is 0.0743 e. The van der Waals surface area contributed by atoms with Crippen LogP contribution in [0.2, 0.25) is 0 Å². The smallest absolute Gasteiger partial charge is 0.0743 e. The van der Waals surface area contributed by atoms with Gasteiger partial charge in [0.2, 0.25) is 0 Å². The molecule has 2 heteroatoms. The van der Waals surface area contributed by atoms with Gasteiger partial charge in [0.05, 0.1) is 5.36 Å². The minimum absolute atomic E-state index is 1.02. The summed E-state index contributed by atoms with van der Waals surface area (Å²) in [4.78, 5) is 8.69. The third-order valence-corrected chi connectivity index (χ3v) is 3.31. The molecule has 0 aliphatic rings. The number of aromatic nitrogens is 1. The van der Waals surface area contributed by atoms with Crippen molar-refractivity contribution in [2.75, 3.05) is 7.05 Å². The highest BCUT2D eigenvalue weighted by Gasteiger charge is 2.02. The van der Waals surface area contributed by atoms with Gasteiger partial charge in [0.1, 0.15) is 0 Å². The molecule has 2 aromatic carbocycles. The first-order chi connectivity index (χ1) is 8.81. The van der Waals surface area contributed by atoms with Crippen molar-refractivity contribution in [1.29, 1.82) is 0 Å². The highest BCUT2D eigenvalue weighted by atomic mass is 14.7. The normalized spacial score (nSPS) is 12.2. The van der Waals surface area contributed by atoms with Crippen LogP contribution in [0.4, 0.5) is 0 Å². The van der Waals surface area contributed by atoms with Gasteiger partial charge < -0.3 is 0 Å². The molecule has 0 N–H and O–H groups in total. The minimum atomic E-state index is 1.02. The van der Waals surface area contributed by atoms with E-state index in [4.69, 9.17) is 0 Å². The van der Waals surface area contributed by atoms with E-state index in [0.717, 1.165) is 10.7 Å². The molecule has 0 aliphatic heterocycles. The van der Waals surface area contributed by atoms with E-state index in [2.05, 4.69) is 47.2 Å². The summed E-state index contributed by atoms with van der Waals surface area (Å²) < 4.78 is 0. The second-order valence-corrected chi connectivity index (χ2v) is 4.41. The second kappa shape index (κ2) is 4.22. The first-order valence-electron chi connectivity index (χ1n) is 6.00. The lowest BCUT2D eigenvalue weighted by molar-refractivity contribution is 1.30. The molecule has 0 fully saturated rings. The SMILES string of the molecule is C/N=c1/c2cnccc2cc(C)c2ccccc12.